The van der Waals surface area contributed by atoms with Gasteiger partial charge < -0.3 is 9.47 Å². The number of methoxy groups -OCH3 is 1. The second-order valence-electron chi connectivity index (χ2n) is 7.69. The zero-order valence-electron chi connectivity index (χ0n) is 18.1. The van der Waals surface area contributed by atoms with Gasteiger partial charge in [-0.2, -0.15) is 0 Å². The summed E-state index contributed by atoms with van der Waals surface area (Å²) in [4.78, 5) is 8.25. The third kappa shape index (κ3) is 5.04. The van der Waals surface area contributed by atoms with Crippen LogP contribution in [0.1, 0.15) is 49.4 Å². The first-order valence-corrected chi connectivity index (χ1v) is 12.8. The topological polar surface area (TPSA) is 109 Å². The van der Waals surface area contributed by atoms with E-state index in [9.17, 15) is 8.42 Å². The van der Waals surface area contributed by atoms with Gasteiger partial charge in [-0.15, -0.1) is 10.2 Å². The molecule has 3 heterocycles. The molecule has 3 atom stereocenters. The molecule has 4 rings (SSSR count). The summed E-state index contributed by atoms with van der Waals surface area (Å²) in [5, 5.41) is 8.34. The van der Waals surface area contributed by atoms with Crippen molar-refractivity contribution in [2.75, 3.05) is 13.7 Å². The van der Waals surface area contributed by atoms with Gasteiger partial charge in [0, 0.05) is 26.1 Å². The molecule has 1 fully saturated rings. The van der Waals surface area contributed by atoms with Crippen molar-refractivity contribution < 1.29 is 17.9 Å². The highest BCUT2D eigenvalue weighted by Crippen LogP contribution is 2.33. The minimum atomic E-state index is -3.78. The van der Waals surface area contributed by atoms with Crippen molar-refractivity contribution in [2.45, 2.75) is 43.0 Å². The Kier molecular flexibility index (Phi) is 7.30. The average molecular weight is 512 g/mol. The van der Waals surface area contributed by atoms with Crippen molar-refractivity contribution >= 4 is 33.0 Å². The Morgan fingerprint density at radius 2 is 1.94 bits per heavy atom. The summed E-state index contributed by atoms with van der Waals surface area (Å²) in [6.45, 7) is 2.17. The van der Waals surface area contributed by atoms with Crippen LogP contribution in [-0.2, 0) is 25.1 Å². The molecular formula is C21H23Cl2N5O4S. The lowest BCUT2D eigenvalue weighted by Crippen LogP contribution is -2.30. The standard InChI is InChI=1S/C21H23Cl2N5O4S/c1-13(19(31-2)20-24-10-14(22)11-25-20)33(29,30)12-18-26-27-21(17-8-5-9-32-17)28(18)16-7-4-3-6-15(16)23/h3-4,6-7,10-11,13,17,19H,5,8-9,12H2,1-2H3/t13-,17-,19-/m0/s1. The van der Waals surface area contributed by atoms with Gasteiger partial charge in [0.05, 0.1) is 21.0 Å². The monoisotopic (exact) mass is 511 g/mol. The van der Waals surface area contributed by atoms with Crippen molar-refractivity contribution in [1.82, 2.24) is 24.7 Å². The predicted molar refractivity (Wildman–Crippen MR) is 123 cm³/mol. The fourth-order valence-corrected chi connectivity index (χ4v) is 5.52. The molecule has 0 spiro atoms. The van der Waals surface area contributed by atoms with E-state index in [-0.39, 0.29) is 23.5 Å². The van der Waals surface area contributed by atoms with Gasteiger partial charge in [0.25, 0.3) is 0 Å². The number of aromatic nitrogens is 5. The summed E-state index contributed by atoms with van der Waals surface area (Å²) < 4.78 is 39.8. The number of nitrogens with zero attached hydrogens (tertiary/aromatic N) is 5. The molecule has 176 valence electrons. The first-order valence-electron chi connectivity index (χ1n) is 10.3. The van der Waals surface area contributed by atoms with Crippen LogP contribution in [0.15, 0.2) is 36.7 Å². The molecular weight excluding hydrogens is 489 g/mol. The Hall–Kier alpha value is -2.11. The first kappa shape index (κ1) is 24.0. The highest BCUT2D eigenvalue weighted by molar-refractivity contribution is 7.91. The van der Waals surface area contributed by atoms with Crippen LogP contribution < -0.4 is 0 Å². The van der Waals surface area contributed by atoms with E-state index in [2.05, 4.69) is 20.2 Å². The van der Waals surface area contributed by atoms with Gasteiger partial charge in [-0.05, 0) is 31.9 Å². The summed E-state index contributed by atoms with van der Waals surface area (Å²) in [5.74, 6) is 0.618. The lowest BCUT2D eigenvalue weighted by molar-refractivity contribution is 0.0948. The van der Waals surface area contributed by atoms with Crippen molar-refractivity contribution in [3.8, 4) is 5.69 Å². The number of ether oxygens (including phenoxy) is 2. The van der Waals surface area contributed by atoms with Crippen molar-refractivity contribution in [3.05, 3.63) is 64.2 Å². The van der Waals surface area contributed by atoms with E-state index in [0.29, 0.717) is 28.2 Å². The molecule has 33 heavy (non-hydrogen) atoms. The molecule has 0 N–H and O–H groups in total. The minimum Gasteiger partial charge on any atom is -0.372 e. The van der Waals surface area contributed by atoms with Crippen LogP contribution in [0.2, 0.25) is 10.0 Å². The number of hydrogen-bond donors (Lipinski definition) is 0. The smallest absolute Gasteiger partial charge is 0.166 e. The largest absolute Gasteiger partial charge is 0.372 e. The normalized spacial score (nSPS) is 18.4. The van der Waals surface area contributed by atoms with Crippen LogP contribution in [-0.4, -0.2) is 52.1 Å². The maximum absolute atomic E-state index is 13.4. The van der Waals surface area contributed by atoms with Crippen LogP contribution in [0.5, 0.6) is 0 Å². The maximum Gasteiger partial charge on any atom is 0.166 e. The van der Waals surface area contributed by atoms with E-state index >= 15 is 0 Å². The van der Waals surface area contributed by atoms with E-state index in [1.165, 1.54) is 19.5 Å². The number of hydrogen-bond acceptors (Lipinski definition) is 8. The average Bonchev–Trinajstić information content (AvgIpc) is 3.46. The minimum absolute atomic E-state index is 0.227. The van der Waals surface area contributed by atoms with Crippen molar-refractivity contribution in [1.29, 1.82) is 0 Å². The Balaban J connectivity index is 1.70. The van der Waals surface area contributed by atoms with E-state index < -0.39 is 21.2 Å². The van der Waals surface area contributed by atoms with E-state index in [1.54, 1.807) is 29.7 Å². The number of para-hydroxylation sites is 1. The Morgan fingerprint density at radius 3 is 2.58 bits per heavy atom. The number of halogens is 2. The van der Waals surface area contributed by atoms with Crippen LogP contribution in [0, 0.1) is 0 Å². The summed E-state index contributed by atoms with van der Waals surface area (Å²) in [5.41, 5.74) is 0.594. The summed E-state index contributed by atoms with van der Waals surface area (Å²) in [6, 6.07) is 7.15. The van der Waals surface area contributed by atoms with Gasteiger partial charge in [0.15, 0.2) is 27.3 Å². The molecule has 0 radical (unpaired) electrons. The number of rotatable bonds is 8. The molecule has 12 heteroatoms. The molecule has 1 aliphatic rings. The van der Waals surface area contributed by atoms with E-state index in [4.69, 9.17) is 32.7 Å². The fraction of sp³-hybridized carbons (Fsp3) is 0.429. The molecule has 1 saturated heterocycles. The molecule has 2 aromatic heterocycles. The third-order valence-electron chi connectivity index (χ3n) is 5.54. The van der Waals surface area contributed by atoms with Gasteiger partial charge in [0.1, 0.15) is 18.0 Å². The Morgan fingerprint density at radius 1 is 1.21 bits per heavy atom. The zero-order valence-corrected chi connectivity index (χ0v) is 20.4. The molecule has 0 unspecified atom stereocenters. The lowest BCUT2D eigenvalue weighted by Gasteiger charge is -2.22. The van der Waals surface area contributed by atoms with E-state index in [0.717, 1.165) is 12.8 Å². The fourth-order valence-electron chi connectivity index (χ4n) is 3.79. The molecule has 3 aromatic rings. The summed E-state index contributed by atoms with van der Waals surface area (Å²) >= 11 is 12.3. The van der Waals surface area contributed by atoms with Gasteiger partial charge >= 0.3 is 0 Å². The highest BCUT2D eigenvalue weighted by atomic mass is 35.5. The van der Waals surface area contributed by atoms with Crippen LogP contribution in [0.25, 0.3) is 5.69 Å². The molecule has 1 aromatic carbocycles. The van der Waals surface area contributed by atoms with Crippen LogP contribution in [0.3, 0.4) is 0 Å². The van der Waals surface area contributed by atoms with Gasteiger partial charge in [-0.3, -0.25) is 4.57 Å². The van der Waals surface area contributed by atoms with Crippen molar-refractivity contribution in [2.24, 2.45) is 0 Å². The van der Waals surface area contributed by atoms with Crippen LogP contribution >= 0.6 is 23.2 Å². The lowest BCUT2D eigenvalue weighted by atomic mass is 10.2. The summed E-state index contributed by atoms with van der Waals surface area (Å²) in [6.07, 6.45) is 3.29. The van der Waals surface area contributed by atoms with Gasteiger partial charge in [0.2, 0.25) is 0 Å². The molecule has 9 nitrogen and oxygen atoms in total. The predicted octanol–water partition coefficient (Wildman–Crippen LogP) is 3.91. The van der Waals surface area contributed by atoms with E-state index in [1.807, 2.05) is 6.07 Å². The number of benzene rings is 1. The second kappa shape index (κ2) is 10.0. The quantitative estimate of drug-likeness (QED) is 0.447. The Labute approximate surface area is 202 Å². The SMILES string of the molecule is CO[C@H](c1ncc(Cl)cn1)[C@H](C)S(=O)(=O)Cc1nnc([C@@H]2CCCO2)n1-c1ccccc1Cl. The van der Waals surface area contributed by atoms with Crippen LogP contribution in [0.4, 0.5) is 0 Å². The molecule has 0 saturated carbocycles. The van der Waals surface area contributed by atoms with Gasteiger partial charge in [-0.1, -0.05) is 35.3 Å². The molecule has 0 aliphatic carbocycles. The Bertz CT molecular complexity index is 1210. The zero-order chi connectivity index (χ0) is 23.6. The van der Waals surface area contributed by atoms with Gasteiger partial charge in [-0.25, -0.2) is 18.4 Å². The number of sulfone groups is 1. The second-order valence-corrected chi connectivity index (χ2v) is 10.9. The van der Waals surface area contributed by atoms with Crippen molar-refractivity contribution in [3.63, 3.8) is 0 Å². The third-order valence-corrected chi connectivity index (χ3v) is 8.09. The first-order chi connectivity index (χ1) is 15.8. The highest BCUT2D eigenvalue weighted by Gasteiger charge is 2.35. The maximum atomic E-state index is 13.4. The molecule has 0 bridgehead atoms. The molecule has 0 amide bonds. The summed E-state index contributed by atoms with van der Waals surface area (Å²) in [7, 11) is -2.37. The molecule has 1 aliphatic heterocycles.